The highest BCUT2D eigenvalue weighted by molar-refractivity contribution is 8.78. The van der Waals surface area contributed by atoms with Crippen molar-refractivity contribution in [1.29, 1.82) is 0 Å². The summed E-state index contributed by atoms with van der Waals surface area (Å²) in [7, 11) is 9.90. The molecule has 4 amide bonds. The summed E-state index contributed by atoms with van der Waals surface area (Å²) in [5, 5.41) is 25.2. The number of aliphatic hydroxyl groups excluding tert-OH is 2. The molecule has 3 N–H and O–H groups in total. The van der Waals surface area contributed by atoms with E-state index in [0.717, 1.165) is 27.7 Å². The summed E-state index contributed by atoms with van der Waals surface area (Å²) in [5.74, 6) is -1.11. The summed E-state index contributed by atoms with van der Waals surface area (Å²) < 4.78 is 2.16. The monoisotopic (exact) mass is 710 g/mol. The van der Waals surface area contributed by atoms with E-state index < -0.39 is 44.4 Å². The maximum Gasteiger partial charge on any atom is 0.265 e. The fourth-order valence-electron chi connectivity index (χ4n) is 8.49. The van der Waals surface area contributed by atoms with Crippen molar-refractivity contribution in [2.75, 3.05) is 39.7 Å². The number of likely N-dealkylation sites (N-methyl/N-ethyl adjacent to an activating group) is 3. The SMILES string of the molecule is CN1C(=O)[C@@]23CC4(n5cc(C[C@]67SS[C@@](CO)(C(=O)N6C)N(C)C7=O)c6ccccc65)c5ccccc5N[C@@H]4N2C(=O)[C@]1(CO)SS3. The van der Waals surface area contributed by atoms with Gasteiger partial charge < -0.3 is 34.8 Å². The van der Waals surface area contributed by atoms with Crippen LogP contribution in [0.3, 0.4) is 0 Å². The van der Waals surface area contributed by atoms with E-state index in [-0.39, 0.29) is 36.5 Å². The van der Waals surface area contributed by atoms with Gasteiger partial charge in [-0.15, -0.1) is 0 Å². The quantitative estimate of drug-likeness (QED) is 0.335. The number of nitrogens with zero attached hydrogens (tertiary/aromatic N) is 5. The molecular weight excluding hydrogens is 681 g/mol. The molecular formula is C31H30N6O6S4. The van der Waals surface area contributed by atoms with Gasteiger partial charge in [-0.2, -0.15) is 0 Å². The van der Waals surface area contributed by atoms with Gasteiger partial charge in [-0.3, -0.25) is 24.1 Å². The van der Waals surface area contributed by atoms with E-state index in [0.29, 0.717) is 0 Å². The molecule has 2 aromatic carbocycles. The first-order valence-electron chi connectivity index (χ1n) is 15.1. The minimum atomic E-state index is -1.43. The van der Waals surface area contributed by atoms with Crippen LogP contribution in [0.5, 0.6) is 0 Å². The van der Waals surface area contributed by atoms with Crippen LogP contribution in [-0.4, -0.2) is 118 Å². The van der Waals surface area contributed by atoms with Crippen LogP contribution in [0.25, 0.3) is 10.9 Å². The van der Waals surface area contributed by atoms with Crippen LogP contribution >= 0.6 is 43.2 Å². The van der Waals surface area contributed by atoms with E-state index in [4.69, 9.17) is 0 Å². The lowest BCUT2D eigenvalue weighted by Crippen LogP contribution is -2.77. The first-order valence-corrected chi connectivity index (χ1v) is 19.4. The minimum Gasteiger partial charge on any atom is -0.392 e. The number of nitrogens with one attached hydrogen (secondary N) is 1. The molecule has 16 heteroatoms. The molecule has 8 aliphatic heterocycles. The van der Waals surface area contributed by atoms with Crippen LogP contribution in [0.2, 0.25) is 0 Å². The van der Waals surface area contributed by atoms with Gasteiger partial charge in [0.25, 0.3) is 23.6 Å². The highest BCUT2D eigenvalue weighted by atomic mass is 33.1. The van der Waals surface area contributed by atoms with Crippen LogP contribution in [0.1, 0.15) is 17.5 Å². The lowest BCUT2D eigenvalue weighted by molar-refractivity contribution is -0.166. The molecule has 0 saturated carbocycles. The molecule has 47 heavy (non-hydrogen) atoms. The summed E-state index contributed by atoms with van der Waals surface area (Å²) >= 11 is 0. The Morgan fingerprint density at radius 1 is 0.766 bits per heavy atom. The maximum absolute atomic E-state index is 14.4. The molecule has 7 fully saturated rings. The molecule has 6 atom stereocenters. The third-order valence-corrected chi connectivity index (χ3v) is 18.4. The van der Waals surface area contributed by atoms with Gasteiger partial charge in [0, 0.05) is 62.3 Å². The normalized spacial score (nSPS) is 36.8. The van der Waals surface area contributed by atoms with Crippen molar-refractivity contribution in [3.05, 3.63) is 65.9 Å². The number of aromatic nitrogens is 1. The zero-order valence-corrected chi connectivity index (χ0v) is 28.8. The number of fused-ring (bicyclic) bond motifs is 9. The van der Waals surface area contributed by atoms with Crippen molar-refractivity contribution < 1.29 is 29.4 Å². The largest absolute Gasteiger partial charge is 0.392 e. The number of aliphatic hydroxyl groups is 2. The van der Waals surface area contributed by atoms with Gasteiger partial charge in [0.1, 0.15) is 11.7 Å². The number of amides is 4. The lowest BCUT2D eigenvalue weighted by atomic mass is 9.86. The van der Waals surface area contributed by atoms with E-state index in [9.17, 15) is 29.4 Å². The molecule has 11 rings (SSSR count). The molecule has 1 aromatic heterocycles. The first kappa shape index (κ1) is 30.1. The van der Waals surface area contributed by atoms with Crippen molar-refractivity contribution >= 4 is 83.4 Å². The second kappa shape index (κ2) is 9.36. The predicted octanol–water partition coefficient (Wildman–Crippen LogP) is 1.87. The van der Waals surface area contributed by atoms with E-state index >= 15 is 0 Å². The number of carbonyl (C=O) groups excluding carboxylic acids is 4. The average molecular weight is 711 g/mol. The number of carbonyl (C=O) groups is 4. The summed E-state index contributed by atoms with van der Waals surface area (Å²) in [5.41, 5.74) is 2.55. The van der Waals surface area contributed by atoms with E-state index in [1.807, 2.05) is 54.7 Å². The fourth-order valence-corrected chi connectivity index (χ4v) is 15.7. The molecule has 9 heterocycles. The molecule has 1 spiro atoms. The third-order valence-electron chi connectivity index (χ3n) is 11.1. The molecule has 4 bridgehead atoms. The number of hydrogen-bond donors (Lipinski definition) is 3. The Morgan fingerprint density at radius 2 is 1.36 bits per heavy atom. The van der Waals surface area contributed by atoms with Crippen molar-refractivity contribution in [3.8, 4) is 0 Å². The third kappa shape index (κ3) is 3.12. The van der Waals surface area contributed by atoms with Crippen molar-refractivity contribution in [1.82, 2.24) is 24.2 Å². The number of benzene rings is 2. The smallest absolute Gasteiger partial charge is 0.265 e. The Labute approximate surface area is 285 Å². The van der Waals surface area contributed by atoms with E-state index in [1.54, 1.807) is 26.0 Å². The second-order valence-corrected chi connectivity index (χ2v) is 18.3. The summed E-state index contributed by atoms with van der Waals surface area (Å²) in [4.78, 5) is 57.1. The van der Waals surface area contributed by atoms with Crippen LogP contribution in [0, 0.1) is 0 Å². The molecule has 0 aliphatic carbocycles. The van der Waals surface area contributed by atoms with E-state index in [2.05, 4.69) is 9.88 Å². The zero-order valence-electron chi connectivity index (χ0n) is 25.5. The Hall–Kier alpha value is -3.02. The van der Waals surface area contributed by atoms with Gasteiger partial charge in [-0.25, -0.2) is 0 Å². The predicted molar refractivity (Wildman–Crippen MR) is 182 cm³/mol. The maximum atomic E-state index is 14.4. The van der Waals surface area contributed by atoms with Gasteiger partial charge in [0.2, 0.25) is 9.74 Å². The molecule has 1 unspecified atom stereocenters. The Kier molecular flexibility index (Phi) is 5.99. The highest BCUT2D eigenvalue weighted by Crippen LogP contribution is 2.69. The van der Waals surface area contributed by atoms with Crippen LogP contribution in [0.4, 0.5) is 5.69 Å². The number of para-hydroxylation sites is 2. The number of rotatable bonds is 5. The van der Waals surface area contributed by atoms with Crippen molar-refractivity contribution in [2.45, 2.75) is 44.0 Å². The zero-order chi connectivity index (χ0) is 32.9. The molecule has 0 radical (unpaired) electrons. The van der Waals surface area contributed by atoms with E-state index in [1.165, 1.54) is 57.9 Å². The minimum absolute atomic E-state index is 0.203. The van der Waals surface area contributed by atoms with Crippen molar-refractivity contribution in [2.24, 2.45) is 0 Å². The van der Waals surface area contributed by atoms with Gasteiger partial charge in [0.15, 0.2) is 9.74 Å². The molecule has 244 valence electrons. The first-order chi connectivity index (χ1) is 22.5. The Balaban J connectivity index is 1.25. The number of piperazine rings is 2. The highest BCUT2D eigenvalue weighted by Gasteiger charge is 2.78. The molecule has 3 aromatic rings. The molecule has 7 saturated heterocycles. The van der Waals surface area contributed by atoms with Crippen LogP contribution in [-0.2, 0) is 31.1 Å². The van der Waals surface area contributed by atoms with Crippen molar-refractivity contribution in [3.63, 3.8) is 0 Å². The standard InChI is InChI=1S/C31H30N6O6S4/c1-33-25(42)30(15-38)34(2)23(40)28(33,44-46-30)12-17-13-36(21-11-7-4-8-18(17)21)27-14-29-24(41)35(3)31(16-39,47-45-29)26(43)37(29)22(27)32-20-10-6-5-9-19(20)27/h4-11,13,22,32,38-39H,12,14-16H2,1-3H3/t22-,27?,28-,29+,30+,31+/m1/s1. The molecule has 8 aliphatic rings. The Bertz CT molecular complexity index is 1980. The summed E-state index contributed by atoms with van der Waals surface area (Å²) in [6.45, 7) is -0.994. The number of hydrogen-bond acceptors (Lipinski definition) is 11. The van der Waals surface area contributed by atoms with Crippen LogP contribution < -0.4 is 5.32 Å². The second-order valence-electron chi connectivity index (χ2n) is 13.0. The Morgan fingerprint density at radius 3 is 2.13 bits per heavy atom. The fraction of sp³-hybridized carbons (Fsp3) is 0.419. The van der Waals surface area contributed by atoms with Gasteiger partial charge in [-0.1, -0.05) is 58.0 Å². The summed E-state index contributed by atoms with van der Waals surface area (Å²) in [6, 6.07) is 15.8. The van der Waals surface area contributed by atoms with Crippen LogP contribution in [0.15, 0.2) is 54.7 Å². The number of anilines is 1. The van der Waals surface area contributed by atoms with Gasteiger partial charge in [0.05, 0.1) is 13.2 Å². The topological polar surface area (TPSA) is 139 Å². The lowest BCUT2D eigenvalue weighted by Gasteiger charge is -2.58. The van der Waals surface area contributed by atoms with Gasteiger partial charge in [-0.05, 0) is 39.3 Å². The average Bonchev–Trinajstić information content (AvgIpc) is 3.71. The molecule has 12 nitrogen and oxygen atoms in total. The van der Waals surface area contributed by atoms with Gasteiger partial charge >= 0.3 is 0 Å². The summed E-state index contributed by atoms with van der Waals surface area (Å²) in [6.07, 6.45) is 1.85.